The van der Waals surface area contributed by atoms with Gasteiger partial charge in [0, 0.05) is 0 Å². The third kappa shape index (κ3) is 21.7. The molecule has 0 saturated carbocycles. The summed E-state index contributed by atoms with van der Waals surface area (Å²) in [6.45, 7) is 11.3. The molecule has 0 amide bonds. The smallest absolute Gasteiger partial charge is 0.00488 e. The highest BCUT2D eigenvalue weighted by Gasteiger charge is 1.97. The fourth-order valence-corrected chi connectivity index (χ4v) is 3.59. The Morgan fingerprint density at radius 2 is 0.846 bits per heavy atom. The largest absolute Gasteiger partial charge is 0.317 e. The van der Waals surface area contributed by atoms with E-state index in [-0.39, 0.29) is 0 Å². The third-order valence-corrected chi connectivity index (χ3v) is 5.47. The zero-order valence-electron chi connectivity index (χ0n) is 18.6. The van der Waals surface area contributed by atoms with Crippen LogP contribution in [0.4, 0.5) is 0 Å². The molecule has 0 aliphatic carbocycles. The van der Waals surface area contributed by atoms with E-state index in [4.69, 9.17) is 0 Å². The van der Waals surface area contributed by atoms with Gasteiger partial charge in [-0.3, -0.25) is 0 Å². The van der Waals surface area contributed by atoms with Crippen LogP contribution in [0.25, 0.3) is 0 Å². The Morgan fingerprint density at radius 3 is 1.35 bits per heavy atom. The van der Waals surface area contributed by atoms with Crippen molar-refractivity contribution in [2.45, 2.75) is 136 Å². The van der Waals surface area contributed by atoms with E-state index < -0.39 is 0 Å². The van der Waals surface area contributed by atoms with Gasteiger partial charge in [0.25, 0.3) is 0 Å². The van der Waals surface area contributed by atoms with Crippen LogP contribution < -0.4 is 5.32 Å². The summed E-state index contributed by atoms with van der Waals surface area (Å²) >= 11 is 0. The van der Waals surface area contributed by atoms with Crippen molar-refractivity contribution in [1.29, 1.82) is 0 Å². The van der Waals surface area contributed by atoms with E-state index in [9.17, 15) is 0 Å². The zero-order chi connectivity index (χ0) is 19.1. The van der Waals surface area contributed by atoms with Crippen LogP contribution >= 0.6 is 0 Å². The monoisotopic (exact) mass is 365 g/mol. The minimum Gasteiger partial charge on any atom is -0.317 e. The van der Waals surface area contributed by atoms with E-state index in [0.29, 0.717) is 0 Å². The molecule has 0 spiro atoms. The maximum Gasteiger partial charge on any atom is -0.00488 e. The summed E-state index contributed by atoms with van der Waals surface area (Å²) in [6.07, 6.45) is 26.3. The Balaban J connectivity index is 3.13. The van der Waals surface area contributed by atoms with E-state index in [0.717, 1.165) is 0 Å². The van der Waals surface area contributed by atoms with Gasteiger partial charge < -0.3 is 5.32 Å². The predicted molar refractivity (Wildman–Crippen MR) is 121 cm³/mol. The minimum absolute atomic E-state index is 1.19. The molecule has 1 heteroatoms. The van der Waals surface area contributed by atoms with E-state index in [1.807, 2.05) is 0 Å². The van der Waals surface area contributed by atoms with Gasteiger partial charge in [-0.05, 0) is 51.6 Å². The first-order chi connectivity index (χ1) is 12.8. The lowest BCUT2D eigenvalue weighted by Crippen LogP contribution is -2.16. The summed E-state index contributed by atoms with van der Waals surface area (Å²) in [4.78, 5) is 0. The molecule has 1 nitrogen and oxygen atoms in total. The SMILES string of the molecule is C=C(CCCCCCCCCCCC)CCCCNCCCCCCC. The van der Waals surface area contributed by atoms with Crippen LogP contribution in [0.15, 0.2) is 12.2 Å². The molecule has 0 aromatic rings. The highest BCUT2D eigenvalue weighted by molar-refractivity contribution is 4.93. The van der Waals surface area contributed by atoms with Crippen LogP contribution in [0, 0.1) is 0 Å². The van der Waals surface area contributed by atoms with Crippen molar-refractivity contribution in [2.75, 3.05) is 13.1 Å². The molecule has 0 saturated heterocycles. The van der Waals surface area contributed by atoms with E-state index in [1.165, 1.54) is 141 Å². The Bertz CT molecular complexity index is 245. The molecule has 1 N–H and O–H groups in total. The number of unbranched alkanes of at least 4 members (excludes halogenated alkanes) is 14. The van der Waals surface area contributed by atoms with E-state index >= 15 is 0 Å². The van der Waals surface area contributed by atoms with Crippen LogP contribution in [0.5, 0.6) is 0 Å². The fourth-order valence-electron chi connectivity index (χ4n) is 3.59. The molecule has 0 aliphatic rings. The molecule has 0 fully saturated rings. The molecule has 0 aliphatic heterocycles. The number of allylic oxidation sites excluding steroid dienone is 1. The number of hydrogen-bond donors (Lipinski definition) is 1. The number of nitrogens with one attached hydrogen (secondary N) is 1. The molecule has 156 valence electrons. The lowest BCUT2D eigenvalue weighted by atomic mass is 10.0. The van der Waals surface area contributed by atoms with Gasteiger partial charge in [0.2, 0.25) is 0 Å². The second kappa shape index (κ2) is 22.7. The molecular weight excluding hydrogens is 314 g/mol. The van der Waals surface area contributed by atoms with Crippen molar-refractivity contribution in [1.82, 2.24) is 5.32 Å². The van der Waals surface area contributed by atoms with Crippen LogP contribution in [-0.2, 0) is 0 Å². The molecule has 0 radical (unpaired) electrons. The molecule has 26 heavy (non-hydrogen) atoms. The summed E-state index contributed by atoms with van der Waals surface area (Å²) in [6, 6.07) is 0. The van der Waals surface area contributed by atoms with Crippen LogP contribution in [0.1, 0.15) is 136 Å². The van der Waals surface area contributed by atoms with Gasteiger partial charge in [-0.1, -0.05) is 109 Å². The quantitative estimate of drug-likeness (QED) is 0.150. The highest BCUT2D eigenvalue weighted by atomic mass is 14.8. The summed E-state index contributed by atoms with van der Waals surface area (Å²) in [7, 11) is 0. The fraction of sp³-hybridized carbons (Fsp3) is 0.920. The molecule has 0 atom stereocenters. The maximum atomic E-state index is 4.29. The Kier molecular flexibility index (Phi) is 22.5. The van der Waals surface area contributed by atoms with Crippen molar-refractivity contribution >= 4 is 0 Å². The van der Waals surface area contributed by atoms with Crippen LogP contribution in [0.2, 0.25) is 0 Å². The lowest BCUT2D eigenvalue weighted by Gasteiger charge is -2.07. The normalized spacial score (nSPS) is 11.2. The Labute approximate surface area is 166 Å². The van der Waals surface area contributed by atoms with E-state index in [2.05, 4.69) is 25.7 Å². The van der Waals surface area contributed by atoms with Crippen molar-refractivity contribution in [3.05, 3.63) is 12.2 Å². The maximum absolute atomic E-state index is 4.29. The average molecular weight is 366 g/mol. The standard InChI is InChI=1S/C25H51N/c1-4-6-8-10-11-12-13-14-15-17-21-25(3)22-18-20-24-26-23-19-16-9-7-5-2/h26H,3-24H2,1-2H3. The van der Waals surface area contributed by atoms with Crippen molar-refractivity contribution in [3.63, 3.8) is 0 Å². The molecule has 0 aromatic heterocycles. The van der Waals surface area contributed by atoms with Gasteiger partial charge in [-0.25, -0.2) is 0 Å². The molecule has 0 rings (SSSR count). The highest BCUT2D eigenvalue weighted by Crippen LogP contribution is 2.16. The number of hydrogen-bond acceptors (Lipinski definition) is 1. The second-order valence-corrected chi connectivity index (χ2v) is 8.30. The first-order valence-electron chi connectivity index (χ1n) is 12.2. The van der Waals surface area contributed by atoms with Gasteiger partial charge in [0.15, 0.2) is 0 Å². The van der Waals surface area contributed by atoms with Gasteiger partial charge in [0.1, 0.15) is 0 Å². The Morgan fingerprint density at radius 1 is 0.500 bits per heavy atom. The Hall–Kier alpha value is -0.300. The number of rotatable bonds is 22. The second-order valence-electron chi connectivity index (χ2n) is 8.30. The summed E-state index contributed by atoms with van der Waals surface area (Å²) in [5, 5.41) is 3.59. The zero-order valence-corrected chi connectivity index (χ0v) is 18.6. The molecule has 0 heterocycles. The van der Waals surface area contributed by atoms with Gasteiger partial charge in [-0.15, -0.1) is 0 Å². The average Bonchev–Trinajstić information content (AvgIpc) is 2.64. The van der Waals surface area contributed by atoms with Crippen LogP contribution in [0.3, 0.4) is 0 Å². The van der Waals surface area contributed by atoms with E-state index in [1.54, 1.807) is 0 Å². The lowest BCUT2D eigenvalue weighted by molar-refractivity contribution is 0.550. The predicted octanol–water partition coefficient (Wildman–Crippen LogP) is 8.58. The first-order valence-corrected chi connectivity index (χ1v) is 12.2. The minimum atomic E-state index is 1.19. The molecular formula is C25H51N. The topological polar surface area (TPSA) is 12.0 Å². The van der Waals surface area contributed by atoms with Crippen molar-refractivity contribution < 1.29 is 0 Å². The first kappa shape index (κ1) is 25.7. The van der Waals surface area contributed by atoms with Gasteiger partial charge in [-0.2, -0.15) is 0 Å². The van der Waals surface area contributed by atoms with Gasteiger partial charge >= 0.3 is 0 Å². The summed E-state index contributed by atoms with van der Waals surface area (Å²) in [5.41, 5.74) is 1.49. The summed E-state index contributed by atoms with van der Waals surface area (Å²) < 4.78 is 0. The van der Waals surface area contributed by atoms with Crippen LogP contribution in [-0.4, -0.2) is 13.1 Å². The van der Waals surface area contributed by atoms with Crippen molar-refractivity contribution in [2.24, 2.45) is 0 Å². The van der Waals surface area contributed by atoms with Crippen molar-refractivity contribution in [3.8, 4) is 0 Å². The van der Waals surface area contributed by atoms with Gasteiger partial charge in [0.05, 0.1) is 0 Å². The summed E-state index contributed by atoms with van der Waals surface area (Å²) in [5.74, 6) is 0. The molecule has 0 unspecified atom stereocenters. The third-order valence-electron chi connectivity index (χ3n) is 5.47. The molecule has 0 aromatic carbocycles. The molecule has 0 bridgehead atoms.